The predicted octanol–water partition coefficient (Wildman–Crippen LogP) is 1.14. The van der Waals surface area contributed by atoms with Crippen molar-refractivity contribution < 1.29 is 9.47 Å². The number of aromatic amines is 2. The second kappa shape index (κ2) is 6.07. The zero-order chi connectivity index (χ0) is 17.3. The van der Waals surface area contributed by atoms with Crippen molar-refractivity contribution in [1.82, 2.24) is 19.5 Å². The highest BCUT2D eigenvalue weighted by molar-refractivity contribution is 5.76. The normalized spacial score (nSPS) is 11.3. The number of methoxy groups -OCH3 is 2. The van der Waals surface area contributed by atoms with Crippen LogP contribution in [-0.2, 0) is 7.05 Å². The minimum Gasteiger partial charge on any atom is -0.493 e. The molecule has 3 rings (SSSR count). The molecule has 2 heterocycles. The summed E-state index contributed by atoms with van der Waals surface area (Å²) in [6.45, 7) is 0. The minimum absolute atomic E-state index is 0.248. The van der Waals surface area contributed by atoms with E-state index in [1.807, 2.05) is 18.2 Å². The molecule has 8 heteroatoms. The first-order valence-electron chi connectivity index (χ1n) is 7.12. The Balaban J connectivity index is 2.02. The van der Waals surface area contributed by atoms with Crippen LogP contribution in [0.3, 0.4) is 0 Å². The van der Waals surface area contributed by atoms with Gasteiger partial charge in [0, 0.05) is 7.05 Å². The monoisotopic (exact) mass is 328 g/mol. The molecule has 0 aliphatic carbocycles. The SMILES string of the molecule is COc1ccc(/C=C/c2nc3[nH]c(=O)[nH]c(=O)c3n2C)cc1OC. The molecule has 0 atom stereocenters. The maximum atomic E-state index is 11.9. The van der Waals surface area contributed by atoms with Crippen LogP contribution < -0.4 is 20.7 Å². The van der Waals surface area contributed by atoms with Crippen LogP contribution in [0, 0.1) is 0 Å². The van der Waals surface area contributed by atoms with Gasteiger partial charge in [-0.2, -0.15) is 0 Å². The highest BCUT2D eigenvalue weighted by atomic mass is 16.5. The van der Waals surface area contributed by atoms with Crippen LogP contribution >= 0.6 is 0 Å². The number of imidazole rings is 1. The molecule has 3 aromatic rings. The smallest absolute Gasteiger partial charge is 0.327 e. The van der Waals surface area contributed by atoms with Gasteiger partial charge in [0.15, 0.2) is 22.7 Å². The zero-order valence-electron chi connectivity index (χ0n) is 13.4. The van der Waals surface area contributed by atoms with Gasteiger partial charge in [-0.3, -0.25) is 14.8 Å². The molecule has 124 valence electrons. The molecule has 0 bridgehead atoms. The quantitative estimate of drug-likeness (QED) is 0.748. The van der Waals surface area contributed by atoms with Crippen molar-refractivity contribution in [2.75, 3.05) is 14.2 Å². The van der Waals surface area contributed by atoms with E-state index in [-0.39, 0.29) is 5.65 Å². The summed E-state index contributed by atoms with van der Waals surface area (Å²) in [5, 5.41) is 0. The molecule has 0 amide bonds. The summed E-state index contributed by atoms with van der Waals surface area (Å²) in [5.41, 5.74) is 0.373. The van der Waals surface area contributed by atoms with Gasteiger partial charge in [0.1, 0.15) is 5.82 Å². The van der Waals surface area contributed by atoms with Crippen LogP contribution in [-0.4, -0.2) is 33.7 Å². The summed E-state index contributed by atoms with van der Waals surface area (Å²) in [6, 6.07) is 5.50. The molecule has 2 aromatic heterocycles. The van der Waals surface area contributed by atoms with E-state index in [4.69, 9.17) is 9.47 Å². The number of aromatic nitrogens is 4. The van der Waals surface area contributed by atoms with Crippen LogP contribution in [0.1, 0.15) is 11.4 Å². The summed E-state index contributed by atoms with van der Waals surface area (Å²) in [6.07, 6.45) is 3.58. The molecule has 0 aliphatic rings. The fourth-order valence-electron chi connectivity index (χ4n) is 2.44. The van der Waals surface area contributed by atoms with Crippen LogP contribution in [0.4, 0.5) is 0 Å². The Morgan fingerprint density at radius 1 is 1.08 bits per heavy atom. The first-order chi connectivity index (χ1) is 11.5. The number of hydrogen-bond acceptors (Lipinski definition) is 5. The van der Waals surface area contributed by atoms with Gasteiger partial charge in [0.05, 0.1) is 14.2 Å². The van der Waals surface area contributed by atoms with E-state index < -0.39 is 11.2 Å². The second-order valence-corrected chi connectivity index (χ2v) is 5.08. The number of ether oxygens (including phenoxy) is 2. The van der Waals surface area contributed by atoms with Crippen molar-refractivity contribution in [2.24, 2.45) is 7.05 Å². The Morgan fingerprint density at radius 3 is 2.54 bits per heavy atom. The van der Waals surface area contributed by atoms with E-state index >= 15 is 0 Å². The largest absolute Gasteiger partial charge is 0.493 e. The topological polar surface area (TPSA) is 102 Å². The van der Waals surface area contributed by atoms with Gasteiger partial charge in [-0.15, -0.1) is 0 Å². The molecule has 0 radical (unpaired) electrons. The third-order valence-electron chi connectivity index (χ3n) is 3.64. The number of H-pyrrole nitrogens is 2. The Kier molecular flexibility index (Phi) is 3.95. The number of nitrogens with one attached hydrogen (secondary N) is 2. The van der Waals surface area contributed by atoms with Crippen molar-refractivity contribution in [1.29, 1.82) is 0 Å². The van der Waals surface area contributed by atoms with Crippen molar-refractivity contribution in [3.8, 4) is 11.5 Å². The van der Waals surface area contributed by atoms with Crippen LogP contribution in [0.5, 0.6) is 11.5 Å². The summed E-state index contributed by atoms with van der Waals surface area (Å²) >= 11 is 0. The molecule has 0 saturated carbocycles. The lowest BCUT2D eigenvalue weighted by molar-refractivity contribution is 0.355. The van der Waals surface area contributed by atoms with Crippen LogP contribution in [0.2, 0.25) is 0 Å². The summed E-state index contributed by atoms with van der Waals surface area (Å²) in [7, 11) is 4.85. The molecule has 2 N–H and O–H groups in total. The Hall–Kier alpha value is -3.29. The van der Waals surface area contributed by atoms with Gasteiger partial charge >= 0.3 is 5.69 Å². The standard InChI is InChI=1S/C16H16N4O4/c1-20-12(17-14-13(20)15(21)19-16(22)18-14)7-5-9-4-6-10(23-2)11(8-9)24-3/h4-8H,1-3H3,(H2,18,19,21,22)/b7-5+. The molecule has 0 spiro atoms. The lowest BCUT2D eigenvalue weighted by Crippen LogP contribution is -2.22. The maximum Gasteiger partial charge on any atom is 0.327 e. The Bertz CT molecular complexity index is 1040. The molecule has 0 aliphatic heterocycles. The number of hydrogen-bond donors (Lipinski definition) is 2. The average Bonchev–Trinajstić information content (AvgIpc) is 2.88. The van der Waals surface area contributed by atoms with Crippen LogP contribution in [0.25, 0.3) is 23.3 Å². The molecule has 0 saturated heterocycles. The van der Waals surface area contributed by atoms with Gasteiger partial charge < -0.3 is 14.0 Å². The summed E-state index contributed by atoms with van der Waals surface area (Å²) in [5.74, 6) is 1.79. The van der Waals surface area contributed by atoms with E-state index in [9.17, 15) is 9.59 Å². The number of aryl methyl sites for hydroxylation is 1. The molecular weight excluding hydrogens is 312 g/mol. The van der Waals surface area contributed by atoms with E-state index in [1.165, 1.54) is 0 Å². The number of rotatable bonds is 4. The third kappa shape index (κ3) is 2.69. The fourth-order valence-corrected chi connectivity index (χ4v) is 2.44. The summed E-state index contributed by atoms with van der Waals surface area (Å²) < 4.78 is 12.1. The number of benzene rings is 1. The van der Waals surface area contributed by atoms with Crippen LogP contribution in [0.15, 0.2) is 27.8 Å². The van der Waals surface area contributed by atoms with Gasteiger partial charge in [-0.25, -0.2) is 9.78 Å². The van der Waals surface area contributed by atoms with Crippen molar-refractivity contribution >= 4 is 23.3 Å². The third-order valence-corrected chi connectivity index (χ3v) is 3.64. The lowest BCUT2D eigenvalue weighted by Gasteiger charge is -2.07. The van der Waals surface area contributed by atoms with Gasteiger partial charge in [0.25, 0.3) is 5.56 Å². The molecule has 1 aromatic carbocycles. The molecule has 8 nitrogen and oxygen atoms in total. The van der Waals surface area contributed by atoms with Gasteiger partial charge in [0.2, 0.25) is 0 Å². The van der Waals surface area contributed by atoms with E-state index in [1.54, 1.807) is 38.0 Å². The molecule has 24 heavy (non-hydrogen) atoms. The minimum atomic E-state index is -0.582. The highest BCUT2D eigenvalue weighted by Gasteiger charge is 2.10. The fraction of sp³-hybridized carbons (Fsp3) is 0.188. The number of fused-ring (bicyclic) bond motifs is 1. The average molecular weight is 328 g/mol. The summed E-state index contributed by atoms with van der Waals surface area (Å²) in [4.78, 5) is 32.2. The van der Waals surface area contributed by atoms with Gasteiger partial charge in [-0.05, 0) is 23.8 Å². The number of nitrogens with zero attached hydrogens (tertiary/aromatic N) is 2. The highest BCUT2D eigenvalue weighted by Crippen LogP contribution is 2.28. The van der Waals surface area contributed by atoms with Crippen molar-refractivity contribution in [3.63, 3.8) is 0 Å². The zero-order valence-corrected chi connectivity index (χ0v) is 13.4. The predicted molar refractivity (Wildman–Crippen MR) is 90.4 cm³/mol. The molecule has 0 fully saturated rings. The van der Waals surface area contributed by atoms with E-state index in [0.29, 0.717) is 22.8 Å². The van der Waals surface area contributed by atoms with E-state index in [2.05, 4.69) is 15.0 Å². The second-order valence-electron chi connectivity index (χ2n) is 5.08. The Morgan fingerprint density at radius 2 is 1.83 bits per heavy atom. The Labute approximate surface area is 136 Å². The van der Waals surface area contributed by atoms with Crippen molar-refractivity contribution in [2.45, 2.75) is 0 Å². The molecular formula is C16H16N4O4. The van der Waals surface area contributed by atoms with Gasteiger partial charge in [-0.1, -0.05) is 12.1 Å². The van der Waals surface area contributed by atoms with Crippen molar-refractivity contribution in [3.05, 3.63) is 50.4 Å². The lowest BCUT2D eigenvalue weighted by atomic mass is 10.2. The molecule has 0 unspecified atom stereocenters. The first kappa shape index (κ1) is 15.6. The first-order valence-corrected chi connectivity index (χ1v) is 7.12. The van der Waals surface area contributed by atoms with E-state index in [0.717, 1.165) is 5.56 Å². The maximum absolute atomic E-state index is 11.9.